The Morgan fingerprint density at radius 1 is 0.889 bits per heavy atom. The molecule has 2 aromatic rings. The molecule has 0 unspecified atom stereocenters. The Bertz CT molecular complexity index is 756. The topological polar surface area (TPSA) is 81.7 Å². The highest BCUT2D eigenvalue weighted by Crippen LogP contribution is 2.11. The fourth-order valence-electron chi connectivity index (χ4n) is 2.76. The highest BCUT2D eigenvalue weighted by molar-refractivity contribution is 5.87. The first-order chi connectivity index (χ1) is 13.0. The minimum atomic E-state index is -0.962. The Balaban J connectivity index is 1.85. The molecule has 6 nitrogen and oxygen atoms in total. The van der Waals surface area contributed by atoms with Crippen LogP contribution in [0.5, 0.6) is 0 Å². The summed E-state index contributed by atoms with van der Waals surface area (Å²) in [5.41, 5.74) is 3.39. The van der Waals surface area contributed by atoms with Gasteiger partial charge in [0, 0.05) is 19.6 Å². The first-order valence-corrected chi connectivity index (χ1v) is 9.16. The molecule has 2 amide bonds. The second kappa shape index (κ2) is 10.3. The number of hydrogen-bond donors (Lipinski definition) is 3. The van der Waals surface area contributed by atoms with Crippen molar-refractivity contribution >= 4 is 12.0 Å². The molecule has 0 fully saturated rings. The number of carboxylic acids is 1. The second-order valence-corrected chi connectivity index (χ2v) is 6.27. The normalized spacial score (nSPS) is 10.6. The fourth-order valence-corrected chi connectivity index (χ4v) is 2.76. The molecule has 3 N–H and O–H groups in total. The van der Waals surface area contributed by atoms with E-state index in [1.807, 2.05) is 18.2 Å². The summed E-state index contributed by atoms with van der Waals surface area (Å²) in [5.74, 6) is -0.962. The van der Waals surface area contributed by atoms with Crippen molar-refractivity contribution in [1.82, 2.24) is 15.5 Å². The van der Waals surface area contributed by atoms with Crippen molar-refractivity contribution in [3.05, 3.63) is 70.8 Å². The van der Waals surface area contributed by atoms with E-state index in [9.17, 15) is 9.59 Å². The lowest BCUT2D eigenvalue weighted by molar-refractivity contribution is 0.0697. The van der Waals surface area contributed by atoms with E-state index in [1.165, 1.54) is 17.7 Å². The van der Waals surface area contributed by atoms with Gasteiger partial charge in [-0.25, -0.2) is 9.59 Å². The Kier molecular flexibility index (Phi) is 7.82. The summed E-state index contributed by atoms with van der Waals surface area (Å²) < 4.78 is 0. The van der Waals surface area contributed by atoms with Gasteiger partial charge in [0.15, 0.2) is 0 Å². The molecule has 0 aliphatic carbocycles. The zero-order valence-corrected chi connectivity index (χ0v) is 15.9. The third-order valence-electron chi connectivity index (χ3n) is 4.50. The second-order valence-electron chi connectivity index (χ2n) is 6.27. The molecule has 27 heavy (non-hydrogen) atoms. The van der Waals surface area contributed by atoms with Crippen molar-refractivity contribution < 1.29 is 14.7 Å². The molecule has 0 heterocycles. The minimum absolute atomic E-state index is 0.230. The Hall–Kier alpha value is -2.86. The number of carbonyl (C=O) groups excluding carboxylic acids is 1. The summed E-state index contributed by atoms with van der Waals surface area (Å²) in [6.07, 6.45) is 0. The molecule has 0 bridgehead atoms. The average Bonchev–Trinajstić information content (AvgIpc) is 2.69. The molecule has 0 radical (unpaired) electrons. The predicted molar refractivity (Wildman–Crippen MR) is 106 cm³/mol. The molecule has 6 heteroatoms. The number of nitrogens with zero attached hydrogens (tertiary/aromatic N) is 1. The van der Waals surface area contributed by atoms with Crippen molar-refractivity contribution in [2.24, 2.45) is 0 Å². The third-order valence-corrected chi connectivity index (χ3v) is 4.50. The van der Waals surface area contributed by atoms with Gasteiger partial charge >= 0.3 is 12.0 Å². The molecule has 0 aliphatic heterocycles. The van der Waals surface area contributed by atoms with E-state index in [-0.39, 0.29) is 11.6 Å². The lowest BCUT2D eigenvalue weighted by Crippen LogP contribution is -2.35. The van der Waals surface area contributed by atoms with Crippen LogP contribution in [0.15, 0.2) is 48.5 Å². The summed E-state index contributed by atoms with van der Waals surface area (Å²) in [5, 5.41) is 14.6. The quantitative estimate of drug-likeness (QED) is 0.634. The van der Waals surface area contributed by atoms with Gasteiger partial charge in [-0.1, -0.05) is 50.2 Å². The van der Waals surface area contributed by atoms with Gasteiger partial charge in [-0.3, -0.25) is 4.90 Å². The summed E-state index contributed by atoms with van der Waals surface area (Å²) in [4.78, 5) is 25.3. The molecular weight excluding hydrogens is 342 g/mol. The lowest BCUT2D eigenvalue weighted by Gasteiger charge is -2.20. The third kappa shape index (κ3) is 6.42. The molecule has 0 aliphatic rings. The Morgan fingerprint density at radius 2 is 1.48 bits per heavy atom. The molecule has 2 aromatic carbocycles. The van der Waals surface area contributed by atoms with Crippen LogP contribution in [0.1, 0.15) is 40.9 Å². The first-order valence-electron chi connectivity index (χ1n) is 9.16. The molecule has 0 atom stereocenters. The van der Waals surface area contributed by atoms with Crippen LogP contribution in [0.3, 0.4) is 0 Å². The first kappa shape index (κ1) is 20.5. The molecular formula is C21H27N3O3. The van der Waals surface area contributed by atoms with Crippen LogP contribution in [0.4, 0.5) is 4.79 Å². The van der Waals surface area contributed by atoms with Crippen molar-refractivity contribution in [2.75, 3.05) is 13.1 Å². The van der Waals surface area contributed by atoms with Crippen molar-refractivity contribution in [2.45, 2.75) is 33.5 Å². The van der Waals surface area contributed by atoms with Crippen molar-refractivity contribution in [3.8, 4) is 0 Å². The van der Waals surface area contributed by atoms with Gasteiger partial charge < -0.3 is 15.7 Å². The van der Waals surface area contributed by atoms with Crippen LogP contribution < -0.4 is 10.6 Å². The standard InChI is InChI=1S/C21H27N3O3/c1-3-24(4-2)15-19-8-6-5-7-18(19)14-23-21(27)22-13-16-9-11-17(12-10-16)20(25)26/h5-12H,3-4,13-15H2,1-2H3,(H,25,26)(H2,22,23,27). The smallest absolute Gasteiger partial charge is 0.335 e. The summed E-state index contributed by atoms with van der Waals surface area (Å²) in [7, 11) is 0. The Labute approximate surface area is 160 Å². The van der Waals surface area contributed by atoms with Crippen LogP contribution in [0.25, 0.3) is 0 Å². The zero-order chi connectivity index (χ0) is 19.6. The van der Waals surface area contributed by atoms with Crippen LogP contribution in [-0.2, 0) is 19.6 Å². The van der Waals surface area contributed by atoms with Gasteiger partial charge in [0.2, 0.25) is 0 Å². The van der Waals surface area contributed by atoms with Gasteiger partial charge in [-0.15, -0.1) is 0 Å². The SMILES string of the molecule is CCN(CC)Cc1ccccc1CNC(=O)NCc1ccc(C(=O)O)cc1. The number of urea groups is 1. The van der Waals surface area contributed by atoms with E-state index in [1.54, 1.807) is 12.1 Å². The molecule has 0 aromatic heterocycles. The average molecular weight is 369 g/mol. The zero-order valence-electron chi connectivity index (χ0n) is 15.9. The number of aromatic carboxylic acids is 1. The van der Waals surface area contributed by atoms with Crippen molar-refractivity contribution in [3.63, 3.8) is 0 Å². The van der Waals surface area contributed by atoms with Crippen LogP contribution in [0.2, 0.25) is 0 Å². The van der Waals surface area contributed by atoms with E-state index < -0.39 is 5.97 Å². The minimum Gasteiger partial charge on any atom is -0.478 e. The maximum Gasteiger partial charge on any atom is 0.335 e. The summed E-state index contributed by atoms with van der Waals surface area (Å²) in [6.45, 7) is 7.91. The number of rotatable bonds is 9. The van der Waals surface area contributed by atoms with Gasteiger partial charge in [0.05, 0.1) is 5.56 Å². The maximum atomic E-state index is 12.1. The van der Waals surface area contributed by atoms with Crippen LogP contribution in [0, 0.1) is 0 Å². The maximum absolute atomic E-state index is 12.1. The number of benzene rings is 2. The van der Waals surface area contributed by atoms with Crippen LogP contribution >= 0.6 is 0 Å². The number of carbonyl (C=O) groups is 2. The van der Waals surface area contributed by atoms with Gasteiger partial charge in [0.25, 0.3) is 0 Å². The van der Waals surface area contributed by atoms with Crippen LogP contribution in [-0.4, -0.2) is 35.1 Å². The van der Waals surface area contributed by atoms with E-state index in [2.05, 4.69) is 35.4 Å². The molecule has 2 rings (SSSR count). The number of nitrogens with one attached hydrogen (secondary N) is 2. The monoisotopic (exact) mass is 369 g/mol. The Morgan fingerprint density at radius 3 is 2.07 bits per heavy atom. The molecule has 0 spiro atoms. The highest BCUT2D eigenvalue weighted by Gasteiger charge is 2.08. The van der Waals surface area contributed by atoms with E-state index >= 15 is 0 Å². The molecule has 0 saturated heterocycles. The number of amides is 2. The molecule has 144 valence electrons. The molecule has 0 saturated carbocycles. The highest BCUT2D eigenvalue weighted by atomic mass is 16.4. The number of carboxylic acid groups (broad SMARTS) is 1. The fraction of sp³-hybridized carbons (Fsp3) is 0.333. The van der Waals surface area contributed by atoms with Gasteiger partial charge in [0.1, 0.15) is 0 Å². The summed E-state index contributed by atoms with van der Waals surface area (Å²) >= 11 is 0. The largest absolute Gasteiger partial charge is 0.478 e. The predicted octanol–water partition coefficient (Wildman–Crippen LogP) is 3.23. The van der Waals surface area contributed by atoms with Gasteiger partial charge in [-0.2, -0.15) is 0 Å². The number of hydrogen-bond acceptors (Lipinski definition) is 3. The lowest BCUT2D eigenvalue weighted by atomic mass is 10.1. The van der Waals surface area contributed by atoms with E-state index in [0.717, 1.165) is 30.8 Å². The van der Waals surface area contributed by atoms with E-state index in [4.69, 9.17) is 5.11 Å². The summed E-state index contributed by atoms with van der Waals surface area (Å²) in [6, 6.07) is 14.3. The van der Waals surface area contributed by atoms with E-state index in [0.29, 0.717) is 13.1 Å². The van der Waals surface area contributed by atoms with Gasteiger partial charge in [-0.05, 0) is 41.9 Å². The van der Waals surface area contributed by atoms with Crippen molar-refractivity contribution in [1.29, 1.82) is 0 Å².